The van der Waals surface area contributed by atoms with Crippen molar-refractivity contribution in [3.05, 3.63) is 24.5 Å². The standard InChI is InChI=1S/C21H34N4O3S/c1-18(2)23-11-13-24(14-12-23)19-5-15-28-21(16-19)6-9-25(10-7-21)29(26,27)20-4-3-8-22-17-20/h3-4,8,17-19H,5-7,9-16H2,1-2H3/t19-/m0/s1. The molecule has 8 heteroatoms. The highest BCUT2D eigenvalue weighted by Gasteiger charge is 2.44. The molecule has 3 fully saturated rings. The van der Waals surface area contributed by atoms with E-state index in [1.807, 2.05) is 0 Å². The number of piperazine rings is 1. The summed E-state index contributed by atoms with van der Waals surface area (Å²) in [6.07, 6.45) is 6.69. The Morgan fingerprint density at radius 1 is 1.14 bits per heavy atom. The van der Waals surface area contributed by atoms with Gasteiger partial charge in [0.2, 0.25) is 10.0 Å². The van der Waals surface area contributed by atoms with Gasteiger partial charge >= 0.3 is 0 Å². The molecule has 1 aromatic heterocycles. The van der Waals surface area contributed by atoms with Gasteiger partial charge in [-0.15, -0.1) is 0 Å². The van der Waals surface area contributed by atoms with Crippen molar-refractivity contribution in [2.24, 2.45) is 0 Å². The lowest BCUT2D eigenvalue weighted by atomic mass is 9.82. The highest BCUT2D eigenvalue weighted by Crippen LogP contribution is 2.38. The number of pyridine rings is 1. The third-order valence-corrected chi connectivity index (χ3v) is 8.85. The van der Waals surface area contributed by atoms with E-state index in [4.69, 9.17) is 4.74 Å². The molecule has 7 nitrogen and oxygen atoms in total. The summed E-state index contributed by atoms with van der Waals surface area (Å²) in [7, 11) is -3.47. The van der Waals surface area contributed by atoms with E-state index in [1.165, 1.54) is 6.20 Å². The maximum Gasteiger partial charge on any atom is 0.244 e. The Kier molecular flexibility index (Phi) is 6.27. The predicted molar refractivity (Wildman–Crippen MR) is 112 cm³/mol. The molecule has 162 valence electrons. The van der Waals surface area contributed by atoms with Crippen LogP contribution in [0.15, 0.2) is 29.4 Å². The van der Waals surface area contributed by atoms with Crippen LogP contribution in [0.3, 0.4) is 0 Å². The van der Waals surface area contributed by atoms with Gasteiger partial charge in [-0.3, -0.25) is 14.8 Å². The van der Waals surface area contributed by atoms with Crippen LogP contribution in [0.2, 0.25) is 0 Å². The molecule has 1 atom stereocenters. The van der Waals surface area contributed by atoms with Gasteiger partial charge in [-0.2, -0.15) is 4.31 Å². The van der Waals surface area contributed by atoms with Crippen LogP contribution in [0, 0.1) is 0 Å². The number of rotatable bonds is 4. The number of hydrogen-bond acceptors (Lipinski definition) is 6. The van der Waals surface area contributed by atoms with Crippen molar-refractivity contribution in [2.45, 2.75) is 62.1 Å². The maximum absolute atomic E-state index is 12.9. The molecule has 0 aromatic carbocycles. The second kappa shape index (κ2) is 8.59. The van der Waals surface area contributed by atoms with Gasteiger partial charge in [-0.25, -0.2) is 8.42 Å². The highest BCUT2D eigenvalue weighted by molar-refractivity contribution is 7.89. The fourth-order valence-corrected chi connectivity index (χ4v) is 6.47. The zero-order chi connectivity index (χ0) is 20.5. The molecule has 0 aliphatic carbocycles. The first-order valence-corrected chi connectivity index (χ1v) is 12.4. The Labute approximate surface area is 175 Å². The van der Waals surface area contributed by atoms with E-state index in [0.717, 1.165) is 58.5 Å². The van der Waals surface area contributed by atoms with Gasteiger partial charge in [0.05, 0.1) is 5.60 Å². The van der Waals surface area contributed by atoms with Crippen LogP contribution >= 0.6 is 0 Å². The second-order valence-electron chi connectivity index (χ2n) is 8.94. The van der Waals surface area contributed by atoms with E-state index < -0.39 is 10.0 Å². The van der Waals surface area contributed by atoms with Crippen molar-refractivity contribution >= 4 is 10.0 Å². The van der Waals surface area contributed by atoms with Gasteiger partial charge < -0.3 is 4.74 Å². The van der Waals surface area contributed by atoms with Gasteiger partial charge in [0.25, 0.3) is 0 Å². The van der Waals surface area contributed by atoms with Gasteiger partial charge in [0.1, 0.15) is 4.90 Å². The lowest BCUT2D eigenvalue weighted by Crippen LogP contribution is -2.58. The minimum Gasteiger partial charge on any atom is -0.375 e. The van der Waals surface area contributed by atoms with Crippen LogP contribution < -0.4 is 0 Å². The number of nitrogens with zero attached hydrogens (tertiary/aromatic N) is 4. The summed E-state index contributed by atoms with van der Waals surface area (Å²) in [5.74, 6) is 0. The van der Waals surface area contributed by atoms with E-state index in [1.54, 1.807) is 22.6 Å². The summed E-state index contributed by atoms with van der Waals surface area (Å²) in [5.41, 5.74) is -0.168. The minimum atomic E-state index is -3.47. The van der Waals surface area contributed by atoms with Gasteiger partial charge in [-0.1, -0.05) is 0 Å². The molecule has 3 aliphatic rings. The summed E-state index contributed by atoms with van der Waals surface area (Å²) in [5, 5.41) is 0. The van der Waals surface area contributed by atoms with Gasteiger partial charge in [0, 0.05) is 70.4 Å². The molecule has 3 aliphatic heterocycles. The SMILES string of the molecule is CC(C)N1CCN([C@H]2CCOC3(CCN(S(=O)(=O)c4cccnc4)CC3)C2)CC1. The first-order valence-electron chi connectivity index (χ1n) is 10.9. The normalized spacial score (nSPS) is 27.5. The summed E-state index contributed by atoms with van der Waals surface area (Å²) in [6.45, 7) is 10.9. The molecule has 0 amide bonds. The van der Waals surface area contributed by atoms with Crippen LogP contribution in [0.25, 0.3) is 0 Å². The average molecular weight is 423 g/mol. The van der Waals surface area contributed by atoms with Crippen LogP contribution in [0.1, 0.15) is 39.5 Å². The molecule has 1 spiro atoms. The van der Waals surface area contributed by atoms with E-state index >= 15 is 0 Å². The largest absolute Gasteiger partial charge is 0.375 e. The molecule has 3 saturated heterocycles. The molecule has 4 heterocycles. The smallest absolute Gasteiger partial charge is 0.244 e. The van der Waals surface area contributed by atoms with Crippen molar-refractivity contribution in [3.63, 3.8) is 0 Å². The fraction of sp³-hybridized carbons (Fsp3) is 0.762. The van der Waals surface area contributed by atoms with Crippen molar-refractivity contribution in [1.82, 2.24) is 19.1 Å². The molecule has 0 saturated carbocycles. The highest BCUT2D eigenvalue weighted by atomic mass is 32.2. The Bertz CT molecular complexity index is 770. The van der Waals surface area contributed by atoms with Gasteiger partial charge in [-0.05, 0) is 51.7 Å². The second-order valence-corrected chi connectivity index (χ2v) is 10.9. The lowest BCUT2D eigenvalue weighted by Gasteiger charge is -2.49. The molecule has 0 unspecified atom stereocenters. The van der Waals surface area contributed by atoms with Crippen LogP contribution in [0.4, 0.5) is 0 Å². The summed E-state index contributed by atoms with van der Waals surface area (Å²) in [4.78, 5) is 9.44. The summed E-state index contributed by atoms with van der Waals surface area (Å²) in [6, 6.07) is 4.46. The molecule has 0 bridgehead atoms. The molecule has 0 N–H and O–H groups in total. The van der Waals surface area contributed by atoms with Crippen LogP contribution in [-0.2, 0) is 14.8 Å². The van der Waals surface area contributed by atoms with Crippen molar-refractivity contribution in [3.8, 4) is 0 Å². The van der Waals surface area contributed by atoms with E-state index in [-0.39, 0.29) is 10.5 Å². The summed E-state index contributed by atoms with van der Waals surface area (Å²) >= 11 is 0. The van der Waals surface area contributed by atoms with E-state index in [0.29, 0.717) is 25.2 Å². The Balaban J connectivity index is 1.36. The first kappa shape index (κ1) is 21.2. The van der Waals surface area contributed by atoms with Crippen molar-refractivity contribution in [2.75, 3.05) is 45.9 Å². The fourth-order valence-electron chi connectivity index (χ4n) is 5.06. The Hall–Kier alpha value is -1.06. The monoisotopic (exact) mass is 422 g/mol. The minimum absolute atomic E-state index is 0.168. The third-order valence-electron chi connectivity index (χ3n) is 6.97. The van der Waals surface area contributed by atoms with Crippen molar-refractivity contribution in [1.29, 1.82) is 0 Å². The summed E-state index contributed by atoms with van der Waals surface area (Å²) < 4.78 is 33.7. The quantitative estimate of drug-likeness (QED) is 0.737. The van der Waals surface area contributed by atoms with Crippen LogP contribution in [-0.4, -0.2) is 91.1 Å². The number of ether oxygens (including phenoxy) is 1. The molecular weight excluding hydrogens is 388 g/mol. The lowest BCUT2D eigenvalue weighted by molar-refractivity contribution is -0.130. The van der Waals surface area contributed by atoms with E-state index in [2.05, 4.69) is 28.6 Å². The van der Waals surface area contributed by atoms with E-state index in [9.17, 15) is 8.42 Å². The average Bonchev–Trinajstić information content (AvgIpc) is 2.75. The number of aromatic nitrogens is 1. The zero-order valence-electron chi connectivity index (χ0n) is 17.7. The molecule has 1 aromatic rings. The number of hydrogen-bond donors (Lipinski definition) is 0. The predicted octanol–water partition coefficient (Wildman–Crippen LogP) is 1.81. The molecule has 29 heavy (non-hydrogen) atoms. The Morgan fingerprint density at radius 2 is 1.86 bits per heavy atom. The van der Waals surface area contributed by atoms with Gasteiger partial charge in [0.15, 0.2) is 0 Å². The molecule has 4 rings (SSSR count). The zero-order valence-corrected chi connectivity index (χ0v) is 18.5. The molecular formula is C21H34N4O3S. The first-order chi connectivity index (χ1) is 13.9. The molecule has 0 radical (unpaired) electrons. The number of sulfonamides is 1. The van der Waals surface area contributed by atoms with Crippen LogP contribution in [0.5, 0.6) is 0 Å². The Morgan fingerprint density at radius 3 is 2.48 bits per heavy atom. The number of piperidine rings is 1. The van der Waals surface area contributed by atoms with Crippen molar-refractivity contribution < 1.29 is 13.2 Å². The maximum atomic E-state index is 12.9. The third kappa shape index (κ3) is 4.51. The topological polar surface area (TPSA) is 66.0 Å².